The van der Waals surface area contributed by atoms with Crippen LogP contribution in [0, 0.1) is 5.92 Å². The van der Waals surface area contributed by atoms with Gasteiger partial charge in [0.25, 0.3) is 11.5 Å². The van der Waals surface area contributed by atoms with Crippen LogP contribution in [0.1, 0.15) is 54.4 Å². The van der Waals surface area contributed by atoms with Gasteiger partial charge in [0.05, 0.1) is 16.3 Å². The Kier molecular flexibility index (Phi) is 8.15. The van der Waals surface area contributed by atoms with Gasteiger partial charge in [-0.1, -0.05) is 67.6 Å². The fourth-order valence-electron chi connectivity index (χ4n) is 4.48. The van der Waals surface area contributed by atoms with E-state index in [0.717, 1.165) is 59.5 Å². The van der Waals surface area contributed by atoms with Gasteiger partial charge in [-0.15, -0.1) is 0 Å². The normalized spacial score (nSPS) is 15.4. The largest absolute Gasteiger partial charge is 0.373 e. The second-order valence-corrected chi connectivity index (χ2v) is 9.31. The Morgan fingerprint density at radius 3 is 2.51 bits per heavy atom. The van der Waals surface area contributed by atoms with Crippen LogP contribution in [0.25, 0.3) is 5.69 Å². The fourth-order valence-corrected chi connectivity index (χ4v) is 4.68. The molecule has 184 valence electrons. The molecule has 0 bridgehead atoms. The number of hydrogen-bond donors (Lipinski definition) is 2. The van der Waals surface area contributed by atoms with E-state index in [9.17, 15) is 19.5 Å². The topological polar surface area (TPSA) is 106 Å². The first-order valence-corrected chi connectivity index (χ1v) is 12.3. The first-order valence-electron chi connectivity index (χ1n) is 12.0. The molecule has 0 radical (unpaired) electrons. The molecule has 1 heterocycles. The molecule has 8 nitrogen and oxygen atoms in total. The van der Waals surface area contributed by atoms with E-state index in [1.165, 1.54) is 12.1 Å². The SMILES string of the molecule is O=C(NC(O)C1CCCCCC1)c1cc(-n2ncc(=O)n(CCc3ccccc3)c2=O)ccc1Cl. The molecule has 3 aromatic rings. The van der Waals surface area contributed by atoms with E-state index >= 15 is 0 Å². The van der Waals surface area contributed by atoms with Gasteiger partial charge in [0.1, 0.15) is 12.4 Å². The summed E-state index contributed by atoms with van der Waals surface area (Å²) in [5.74, 6) is -0.528. The Morgan fingerprint density at radius 2 is 1.80 bits per heavy atom. The molecule has 1 aromatic heterocycles. The van der Waals surface area contributed by atoms with E-state index in [0.29, 0.717) is 12.1 Å². The summed E-state index contributed by atoms with van der Waals surface area (Å²) in [5, 5.41) is 17.4. The van der Waals surface area contributed by atoms with Crippen molar-refractivity contribution < 1.29 is 9.90 Å². The number of aryl methyl sites for hydroxylation is 1. The molecule has 1 saturated carbocycles. The van der Waals surface area contributed by atoms with E-state index in [-0.39, 0.29) is 23.0 Å². The molecule has 1 atom stereocenters. The second kappa shape index (κ2) is 11.5. The Labute approximate surface area is 208 Å². The molecule has 35 heavy (non-hydrogen) atoms. The van der Waals surface area contributed by atoms with Crippen LogP contribution in [-0.2, 0) is 13.0 Å². The van der Waals surface area contributed by atoms with Crippen molar-refractivity contribution in [1.82, 2.24) is 19.7 Å². The highest BCUT2D eigenvalue weighted by Gasteiger charge is 2.24. The van der Waals surface area contributed by atoms with Crippen molar-refractivity contribution in [2.24, 2.45) is 5.92 Å². The molecule has 2 aromatic carbocycles. The minimum Gasteiger partial charge on any atom is -0.373 e. The highest BCUT2D eigenvalue weighted by molar-refractivity contribution is 6.33. The molecule has 0 saturated heterocycles. The maximum Gasteiger partial charge on any atom is 0.352 e. The zero-order valence-corrected chi connectivity index (χ0v) is 20.2. The minimum atomic E-state index is -0.971. The highest BCUT2D eigenvalue weighted by atomic mass is 35.5. The molecular formula is C26H29ClN4O4. The number of halogens is 1. The molecular weight excluding hydrogens is 468 g/mol. The molecule has 1 fully saturated rings. The summed E-state index contributed by atoms with van der Waals surface area (Å²) >= 11 is 6.28. The molecule has 4 rings (SSSR count). The predicted octanol–water partition coefficient (Wildman–Crippen LogP) is 3.31. The van der Waals surface area contributed by atoms with Crippen LogP contribution in [0.3, 0.4) is 0 Å². The first kappa shape index (κ1) is 24.9. The number of nitrogens with zero attached hydrogens (tertiary/aromatic N) is 3. The standard InChI is InChI=1S/C26H29ClN4O4/c27-22-13-12-20(16-21(22)25(34)29-24(33)19-10-6-1-2-7-11-19)31-26(35)30(23(32)17-28-31)15-14-18-8-4-3-5-9-18/h3-5,8-9,12-13,16-17,19,24,33H,1-2,6-7,10-11,14-15H2,(H,29,34). The van der Waals surface area contributed by atoms with Gasteiger partial charge in [-0.25, -0.2) is 4.79 Å². The lowest BCUT2D eigenvalue weighted by Crippen LogP contribution is -2.41. The van der Waals surface area contributed by atoms with Gasteiger partial charge in [0.2, 0.25) is 0 Å². The molecule has 1 aliphatic rings. The number of aliphatic hydroxyl groups excluding tert-OH is 1. The highest BCUT2D eigenvalue weighted by Crippen LogP contribution is 2.25. The van der Waals surface area contributed by atoms with Crippen LogP contribution in [0.15, 0.2) is 64.3 Å². The summed E-state index contributed by atoms with van der Waals surface area (Å²) < 4.78 is 2.19. The van der Waals surface area contributed by atoms with Gasteiger partial charge in [0, 0.05) is 12.5 Å². The molecule has 0 spiro atoms. The Bertz CT molecular complexity index is 1280. The summed E-state index contributed by atoms with van der Waals surface area (Å²) in [6.07, 6.45) is 6.67. The first-order chi connectivity index (χ1) is 16.9. The predicted molar refractivity (Wildman–Crippen MR) is 134 cm³/mol. The third kappa shape index (κ3) is 6.07. The van der Waals surface area contributed by atoms with Crippen molar-refractivity contribution >= 4 is 17.5 Å². The molecule has 1 unspecified atom stereocenters. The molecule has 0 aliphatic heterocycles. The van der Waals surface area contributed by atoms with Crippen molar-refractivity contribution in [3.8, 4) is 5.69 Å². The maximum atomic E-state index is 13.1. The zero-order valence-electron chi connectivity index (χ0n) is 19.4. The second-order valence-electron chi connectivity index (χ2n) is 8.90. The fraction of sp³-hybridized carbons (Fsp3) is 0.385. The van der Waals surface area contributed by atoms with Crippen LogP contribution >= 0.6 is 11.6 Å². The molecule has 1 aliphatic carbocycles. The number of aromatic nitrogens is 3. The third-order valence-electron chi connectivity index (χ3n) is 6.49. The van der Waals surface area contributed by atoms with Crippen molar-refractivity contribution in [2.45, 2.75) is 57.7 Å². The van der Waals surface area contributed by atoms with Crippen LogP contribution in [0.5, 0.6) is 0 Å². The lowest BCUT2D eigenvalue weighted by atomic mass is 9.98. The van der Waals surface area contributed by atoms with E-state index in [2.05, 4.69) is 10.4 Å². The van der Waals surface area contributed by atoms with Crippen molar-refractivity contribution in [3.63, 3.8) is 0 Å². The molecule has 1 amide bonds. The Hall–Kier alpha value is -3.23. The van der Waals surface area contributed by atoms with Gasteiger partial charge in [-0.3, -0.25) is 14.2 Å². The summed E-state index contributed by atoms with van der Waals surface area (Å²) in [4.78, 5) is 38.4. The number of carbonyl (C=O) groups is 1. The number of amides is 1. The molecule has 2 N–H and O–H groups in total. The molecule has 9 heteroatoms. The number of benzene rings is 2. The zero-order chi connectivity index (χ0) is 24.8. The lowest BCUT2D eigenvalue weighted by molar-refractivity contribution is 0.0532. The number of rotatable bonds is 7. The van der Waals surface area contributed by atoms with Gasteiger partial charge in [-0.05, 0) is 43.0 Å². The summed E-state index contributed by atoms with van der Waals surface area (Å²) in [5.41, 5.74) is 0.301. The van der Waals surface area contributed by atoms with Crippen molar-refractivity contribution in [1.29, 1.82) is 0 Å². The van der Waals surface area contributed by atoms with Crippen LogP contribution in [0.2, 0.25) is 5.02 Å². The summed E-state index contributed by atoms with van der Waals surface area (Å²) in [6.45, 7) is 0.193. The van der Waals surface area contributed by atoms with Gasteiger partial charge >= 0.3 is 5.69 Å². The van der Waals surface area contributed by atoms with Crippen molar-refractivity contribution in [3.05, 3.63) is 91.7 Å². The maximum absolute atomic E-state index is 13.1. The monoisotopic (exact) mass is 496 g/mol. The summed E-state index contributed by atoms with van der Waals surface area (Å²) in [6, 6.07) is 14.1. The van der Waals surface area contributed by atoms with Crippen LogP contribution < -0.4 is 16.6 Å². The van der Waals surface area contributed by atoms with E-state index < -0.39 is 23.4 Å². The van der Waals surface area contributed by atoms with E-state index in [4.69, 9.17) is 11.6 Å². The smallest absolute Gasteiger partial charge is 0.352 e. The number of hydrogen-bond acceptors (Lipinski definition) is 5. The third-order valence-corrected chi connectivity index (χ3v) is 6.82. The summed E-state index contributed by atoms with van der Waals surface area (Å²) in [7, 11) is 0. The number of carbonyl (C=O) groups excluding carboxylic acids is 1. The van der Waals surface area contributed by atoms with Crippen LogP contribution in [0.4, 0.5) is 0 Å². The number of aliphatic hydroxyl groups is 1. The van der Waals surface area contributed by atoms with Crippen LogP contribution in [-0.4, -0.2) is 31.6 Å². The minimum absolute atomic E-state index is 0.000801. The van der Waals surface area contributed by atoms with E-state index in [1.54, 1.807) is 6.07 Å². The van der Waals surface area contributed by atoms with Crippen molar-refractivity contribution in [2.75, 3.05) is 0 Å². The quantitative estimate of drug-likeness (QED) is 0.385. The van der Waals surface area contributed by atoms with Gasteiger partial charge in [-0.2, -0.15) is 9.78 Å². The van der Waals surface area contributed by atoms with E-state index in [1.807, 2.05) is 30.3 Å². The average Bonchev–Trinajstić information content (AvgIpc) is 3.15. The lowest BCUT2D eigenvalue weighted by Gasteiger charge is -2.22. The Balaban J connectivity index is 1.56. The average molecular weight is 497 g/mol. The van der Waals surface area contributed by atoms with Gasteiger partial charge < -0.3 is 10.4 Å². The van der Waals surface area contributed by atoms with Gasteiger partial charge in [0.15, 0.2) is 0 Å². The number of nitrogens with one attached hydrogen (secondary N) is 1. The Morgan fingerprint density at radius 1 is 1.09 bits per heavy atom.